The van der Waals surface area contributed by atoms with Crippen molar-refractivity contribution in [1.82, 2.24) is 9.97 Å². The van der Waals surface area contributed by atoms with Crippen LogP contribution in [0.25, 0.3) is 0 Å². The summed E-state index contributed by atoms with van der Waals surface area (Å²) in [4.78, 5) is 7.25. The van der Waals surface area contributed by atoms with Crippen molar-refractivity contribution in [2.24, 2.45) is 5.92 Å². The van der Waals surface area contributed by atoms with Gasteiger partial charge in [-0.1, -0.05) is 0 Å². The molecular formula is C9H16N4. The summed E-state index contributed by atoms with van der Waals surface area (Å²) in [5, 5.41) is 3.33. The lowest BCUT2D eigenvalue weighted by molar-refractivity contribution is 0.691. The van der Waals surface area contributed by atoms with E-state index in [-0.39, 0.29) is 0 Å². The van der Waals surface area contributed by atoms with Crippen LogP contribution >= 0.6 is 0 Å². The number of imidazole rings is 1. The number of hydrogen-bond acceptors (Lipinski definition) is 3. The maximum absolute atomic E-state index is 5.73. The second-order valence-electron chi connectivity index (χ2n) is 3.85. The highest BCUT2D eigenvalue weighted by molar-refractivity contribution is 5.57. The molecule has 0 radical (unpaired) electrons. The molecule has 0 amide bonds. The number of rotatable bonds is 3. The molecule has 0 aliphatic heterocycles. The molecule has 1 aromatic heterocycles. The van der Waals surface area contributed by atoms with E-state index < -0.39 is 0 Å². The molecule has 1 heterocycles. The highest BCUT2D eigenvalue weighted by atomic mass is 15.1. The molecule has 0 aromatic carbocycles. The number of aryl methyl sites for hydroxylation is 1. The van der Waals surface area contributed by atoms with Gasteiger partial charge in [0.25, 0.3) is 0 Å². The molecule has 0 spiro atoms. The summed E-state index contributed by atoms with van der Waals surface area (Å²) >= 11 is 0. The normalized spacial score (nSPS) is 18.6. The van der Waals surface area contributed by atoms with E-state index in [1.807, 2.05) is 6.92 Å². The molecule has 13 heavy (non-hydrogen) atoms. The number of hydrogen-bond donors (Lipinski definition) is 3. The van der Waals surface area contributed by atoms with Crippen LogP contribution in [0, 0.1) is 12.8 Å². The second kappa shape index (κ2) is 2.94. The Bertz CT molecular complexity index is 301. The van der Waals surface area contributed by atoms with Gasteiger partial charge in [0.05, 0.1) is 0 Å². The molecule has 1 aliphatic rings. The van der Waals surface area contributed by atoms with E-state index >= 15 is 0 Å². The average molecular weight is 180 g/mol. The quantitative estimate of drug-likeness (QED) is 0.660. The zero-order chi connectivity index (χ0) is 9.42. The summed E-state index contributed by atoms with van der Waals surface area (Å²) < 4.78 is 0. The minimum Gasteiger partial charge on any atom is -0.382 e. The van der Waals surface area contributed by atoms with Gasteiger partial charge in [-0.3, -0.25) is 0 Å². The molecule has 72 valence electrons. The molecule has 0 bridgehead atoms. The summed E-state index contributed by atoms with van der Waals surface area (Å²) in [6, 6.07) is 0.491. The zero-order valence-corrected chi connectivity index (χ0v) is 8.09. The van der Waals surface area contributed by atoms with Crippen LogP contribution in [-0.4, -0.2) is 16.0 Å². The van der Waals surface area contributed by atoms with Crippen molar-refractivity contribution in [3.8, 4) is 0 Å². The lowest BCUT2D eigenvalue weighted by atomic mass is 10.2. The molecule has 1 saturated carbocycles. The third-order valence-electron chi connectivity index (χ3n) is 2.54. The fraction of sp³-hybridized carbons (Fsp3) is 0.667. The van der Waals surface area contributed by atoms with Gasteiger partial charge in [0, 0.05) is 6.04 Å². The standard InChI is InChI=1S/C9H16N4/c1-5(7-3-4-7)11-9-8(10)12-6(2)13-9/h5,7,11H,3-4,10H2,1-2H3,(H,12,13). The van der Waals surface area contributed by atoms with Gasteiger partial charge >= 0.3 is 0 Å². The van der Waals surface area contributed by atoms with E-state index in [0.29, 0.717) is 11.9 Å². The maximum atomic E-state index is 5.73. The van der Waals surface area contributed by atoms with Crippen LogP contribution in [0.2, 0.25) is 0 Å². The van der Waals surface area contributed by atoms with Crippen molar-refractivity contribution < 1.29 is 0 Å². The van der Waals surface area contributed by atoms with E-state index in [2.05, 4.69) is 22.2 Å². The first-order chi connectivity index (χ1) is 6.16. The number of anilines is 2. The monoisotopic (exact) mass is 180 g/mol. The number of nitrogens with two attached hydrogens (primary N) is 1. The van der Waals surface area contributed by atoms with Gasteiger partial charge < -0.3 is 16.0 Å². The van der Waals surface area contributed by atoms with E-state index in [9.17, 15) is 0 Å². The van der Waals surface area contributed by atoms with Gasteiger partial charge in [-0.2, -0.15) is 0 Å². The Hall–Kier alpha value is -1.19. The van der Waals surface area contributed by atoms with Crippen LogP contribution in [0.5, 0.6) is 0 Å². The number of H-pyrrole nitrogens is 1. The summed E-state index contributed by atoms with van der Waals surface area (Å²) in [5.74, 6) is 3.13. The summed E-state index contributed by atoms with van der Waals surface area (Å²) in [5.41, 5.74) is 5.73. The summed E-state index contributed by atoms with van der Waals surface area (Å²) in [6.45, 7) is 4.09. The van der Waals surface area contributed by atoms with E-state index in [1.54, 1.807) is 0 Å². The van der Waals surface area contributed by atoms with E-state index in [0.717, 1.165) is 17.6 Å². The van der Waals surface area contributed by atoms with Crippen LogP contribution in [0.15, 0.2) is 0 Å². The molecule has 1 aromatic rings. The topological polar surface area (TPSA) is 66.7 Å². The molecule has 1 fully saturated rings. The molecule has 1 atom stereocenters. The summed E-state index contributed by atoms with van der Waals surface area (Å²) in [7, 11) is 0. The number of nitrogen functional groups attached to an aromatic ring is 1. The molecule has 4 N–H and O–H groups in total. The third-order valence-corrected chi connectivity index (χ3v) is 2.54. The first-order valence-electron chi connectivity index (χ1n) is 4.75. The number of aromatic nitrogens is 2. The molecule has 4 heteroatoms. The minimum atomic E-state index is 0.491. The van der Waals surface area contributed by atoms with Crippen molar-refractivity contribution in [3.63, 3.8) is 0 Å². The van der Waals surface area contributed by atoms with Gasteiger partial charge in [0.1, 0.15) is 11.6 Å². The maximum Gasteiger partial charge on any atom is 0.168 e. The highest BCUT2D eigenvalue weighted by Gasteiger charge is 2.28. The number of nitrogens with zero attached hydrogens (tertiary/aromatic N) is 1. The van der Waals surface area contributed by atoms with Gasteiger partial charge in [-0.25, -0.2) is 4.98 Å². The number of aromatic amines is 1. The predicted octanol–water partition coefficient (Wildman–Crippen LogP) is 1.51. The van der Waals surface area contributed by atoms with Crippen molar-refractivity contribution >= 4 is 11.6 Å². The molecule has 1 unspecified atom stereocenters. The third kappa shape index (κ3) is 1.76. The van der Waals surface area contributed by atoms with Crippen LogP contribution in [0.1, 0.15) is 25.6 Å². The lowest BCUT2D eigenvalue weighted by Gasteiger charge is -2.11. The Balaban J connectivity index is 2.03. The van der Waals surface area contributed by atoms with Crippen LogP contribution in [0.4, 0.5) is 11.6 Å². The van der Waals surface area contributed by atoms with E-state index in [1.165, 1.54) is 12.8 Å². The fourth-order valence-corrected chi connectivity index (χ4v) is 1.55. The van der Waals surface area contributed by atoms with Gasteiger partial charge in [0.15, 0.2) is 5.82 Å². The second-order valence-corrected chi connectivity index (χ2v) is 3.85. The molecule has 2 rings (SSSR count). The predicted molar refractivity (Wildman–Crippen MR) is 53.5 cm³/mol. The average Bonchev–Trinajstić information content (AvgIpc) is 2.81. The fourth-order valence-electron chi connectivity index (χ4n) is 1.55. The van der Waals surface area contributed by atoms with Crippen molar-refractivity contribution in [2.45, 2.75) is 32.7 Å². The Morgan fingerprint density at radius 3 is 2.77 bits per heavy atom. The molecule has 1 aliphatic carbocycles. The molecular weight excluding hydrogens is 164 g/mol. The highest BCUT2D eigenvalue weighted by Crippen LogP contribution is 2.34. The SMILES string of the molecule is Cc1nc(NC(C)C2CC2)c(N)[nH]1. The van der Waals surface area contributed by atoms with Crippen LogP contribution in [-0.2, 0) is 0 Å². The Morgan fingerprint density at radius 2 is 2.31 bits per heavy atom. The van der Waals surface area contributed by atoms with Gasteiger partial charge in [0.2, 0.25) is 0 Å². The van der Waals surface area contributed by atoms with E-state index in [4.69, 9.17) is 5.73 Å². The largest absolute Gasteiger partial charge is 0.382 e. The minimum absolute atomic E-state index is 0.491. The first kappa shape index (κ1) is 8.41. The molecule has 0 saturated heterocycles. The van der Waals surface area contributed by atoms with Crippen molar-refractivity contribution in [3.05, 3.63) is 5.82 Å². The molecule has 4 nitrogen and oxygen atoms in total. The Labute approximate surface area is 77.9 Å². The van der Waals surface area contributed by atoms with Crippen molar-refractivity contribution in [1.29, 1.82) is 0 Å². The smallest absolute Gasteiger partial charge is 0.168 e. The number of nitrogens with one attached hydrogen (secondary N) is 2. The first-order valence-corrected chi connectivity index (χ1v) is 4.75. The zero-order valence-electron chi connectivity index (χ0n) is 8.09. The van der Waals surface area contributed by atoms with Crippen LogP contribution in [0.3, 0.4) is 0 Å². The van der Waals surface area contributed by atoms with Crippen molar-refractivity contribution in [2.75, 3.05) is 11.1 Å². The summed E-state index contributed by atoms with van der Waals surface area (Å²) in [6.07, 6.45) is 2.66. The van der Waals surface area contributed by atoms with Gasteiger partial charge in [-0.05, 0) is 32.6 Å². The van der Waals surface area contributed by atoms with Gasteiger partial charge in [-0.15, -0.1) is 0 Å². The Kier molecular flexibility index (Phi) is 1.90. The lowest BCUT2D eigenvalue weighted by Crippen LogP contribution is -2.18. The Morgan fingerprint density at radius 1 is 1.62 bits per heavy atom. The van der Waals surface area contributed by atoms with Crippen LogP contribution < -0.4 is 11.1 Å².